The molecule has 0 unspecified atom stereocenters. The second-order valence-corrected chi connectivity index (χ2v) is 12.4. The molecule has 0 aliphatic heterocycles. The average Bonchev–Trinajstić information content (AvgIpc) is 3.42. The van der Waals surface area contributed by atoms with E-state index < -0.39 is 15.9 Å². The SMILES string of the molecule is CCN(CC)S(=O)(=O)c1ccc(C(=O)NCc2nnc(SCC(=O)Nc3ccc(OC)cc3)n2-c2cccc(Cl)c2)cc1. The number of rotatable bonds is 13. The van der Waals surface area contributed by atoms with E-state index in [1.807, 2.05) is 6.07 Å². The number of ether oxygens (including phenoxy) is 1. The zero-order valence-electron chi connectivity index (χ0n) is 23.8. The molecule has 0 fully saturated rings. The Kier molecular flexibility index (Phi) is 10.8. The maximum Gasteiger partial charge on any atom is 0.251 e. The molecule has 0 spiro atoms. The molecule has 2 N–H and O–H groups in total. The zero-order chi connectivity index (χ0) is 31.0. The highest BCUT2D eigenvalue weighted by atomic mass is 35.5. The predicted molar refractivity (Wildman–Crippen MR) is 166 cm³/mol. The van der Waals surface area contributed by atoms with Crippen LogP contribution in [0.3, 0.4) is 0 Å². The van der Waals surface area contributed by atoms with Crippen molar-refractivity contribution in [1.82, 2.24) is 24.4 Å². The Labute approximate surface area is 259 Å². The van der Waals surface area contributed by atoms with E-state index in [2.05, 4.69) is 20.8 Å². The van der Waals surface area contributed by atoms with Crippen LogP contribution in [0.5, 0.6) is 5.75 Å². The number of anilines is 1. The van der Waals surface area contributed by atoms with Crippen LogP contribution < -0.4 is 15.4 Å². The zero-order valence-corrected chi connectivity index (χ0v) is 26.2. The molecule has 0 radical (unpaired) electrons. The minimum Gasteiger partial charge on any atom is -0.497 e. The lowest BCUT2D eigenvalue weighted by Gasteiger charge is -2.18. The number of halogens is 1. The summed E-state index contributed by atoms with van der Waals surface area (Å²) in [7, 11) is -2.07. The van der Waals surface area contributed by atoms with Gasteiger partial charge in [-0.25, -0.2) is 8.42 Å². The summed E-state index contributed by atoms with van der Waals surface area (Å²) in [6.45, 7) is 4.25. The van der Waals surface area contributed by atoms with Crippen molar-refractivity contribution in [1.29, 1.82) is 0 Å². The standard InChI is InChI=1S/C29H31ClN6O5S2/c1-4-35(5-2)43(39,40)25-15-9-20(10-16-25)28(38)31-18-26-33-34-29(36(26)23-8-6-7-21(30)17-23)42-19-27(37)32-22-11-13-24(41-3)14-12-22/h6-17H,4-5,18-19H2,1-3H3,(H,31,38)(H,32,37). The number of sulfonamides is 1. The molecule has 4 aromatic rings. The molecular weight excluding hydrogens is 612 g/mol. The molecule has 3 aromatic carbocycles. The van der Waals surface area contributed by atoms with E-state index in [-0.39, 0.29) is 28.7 Å². The minimum absolute atomic E-state index is 0.0104. The van der Waals surface area contributed by atoms with Gasteiger partial charge in [-0.15, -0.1) is 10.2 Å². The molecule has 1 heterocycles. The van der Waals surface area contributed by atoms with E-state index in [1.54, 1.807) is 68.0 Å². The summed E-state index contributed by atoms with van der Waals surface area (Å²) in [5, 5.41) is 15.1. The largest absolute Gasteiger partial charge is 0.497 e. The Balaban J connectivity index is 1.47. The van der Waals surface area contributed by atoms with Crippen molar-refractivity contribution in [2.75, 3.05) is 31.3 Å². The molecule has 226 valence electrons. The van der Waals surface area contributed by atoms with E-state index in [0.29, 0.717) is 46.2 Å². The van der Waals surface area contributed by atoms with Crippen LogP contribution in [0.25, 0.3) is 5.69 Å². The number of hydrogen-bond acceptors (Lipinski definition) is 8. The summed E-state index contributed by atoms with van der Waals surface area (Å²) in [5.41, 5.74) is 1.58. The minimum atomic E-state index is -3.64. The Morgan fingerprint density at radius 2 is 1.70 bits per heavy atom. The normalized spacial score (nSPS) is 11.4. The average molecular weight is 643 g/mol. The van der Waals surface area contributed by atoms with Gasteiger partial charge in [-0.2, -0.15) is 4.31 Å². The lowest BCUT2D eigenvalue weighted by atomic mass is 10.2. The molecule has 11 nitrogen and oxygen atoms in total. The van der Waals surface area contributed by atoms with E-state index in [0.717, 1.165) is 0 Å². The van der Waals surface area contributed by atoms with Crippen LogP contribution in [-0.2, 0) is 21.4 Å². The van der Waals surface area contributed by atoms with Gasteiger partial charge in [0.1, 0.15) is 5.75 Å². The van der Waals surface area contributed by atoms with Crippen LogP contribution in [0, 0.1) is 0 Å². The summed E-state index contributed by atoms with van der Waals surface area (Å²) in [6.07, 6.45) is 0. The lowest BCUT2D eigenvalue weighted by Crippen LogP contribution is -2.30. The third-order valence-electron chi connectivity index (χ3n) is 6.34. The fraction of sp³-hybridized carbons (Fsp3) is 0.241. The molecule has 0 saturated heterocycles. The molecule has 2 amide bonds. The summed E-state index contributed by atoms with van der Waals surface area (Å²) >= 11 is 7.43. The highest BCUT2D eigenvalue weighted by Gasteiger charge is 2.22. The van der Waals surface area contributed by atoms with Crippen molar-refractivity contribution in [3.63, 3.8) is 0 Å². The topological polar surface area (TPSA) is 136 Å². The Morgan fingerprint density at radius 1 is 1.00 bits per heavy atom. The molecule has 0 saturated carbocycles. The van der Waals surface area contributed by atoms with Crippen LogP contribution in [0.1, 0.15) is 30.0 Å². The van der Waals surface area contributed by atoms with E-state index in [4.69, 9.17) is 16.3 Å². The third-order valence-corrected chi connectivity index (χ3v) is 9.57. The van der Waals surface area contributed by atoms with Crippen LogP contribution in [0.2, 0.25) is 5.02 Å². The first-order valence-electron chi connectivity index (χ1n) is 13.3. The molecule has 0 aliphatic carbocycles. The van der Waals surface area contributed by atoms with Gasteiger partial charge >= 0.3 is 0 Å². The maximum absolute atomic E-state index is 12.9. The van der Waals surface area contributed by atoms with E-state index in [1.165, 1.54) is 40.3 Å². The Hall–Kier alpha value is -3.91. The van der Waals surface area contributed by atoms with Crippen molar-refractivity contribution >= 4 is 50.9 Å². The number of aromatic nitrogens is 3. The second-order valence-electron chi connectivity index (χ2n) is 9.08. The summed E-state index contributed by atoms with van der Waals surface area (Å²) in [4.78, 5) is 25.7. The van der Waals surface area contributed by atoms with Crippen molar-refractivity contribution in [2.24, 2.45) is 0 Å². The number of methoxy groups -OCH3 is 1. The second kappa shape index (κ2) is 14.5. The van der Waals surface area contributed by atoms with Crippen LogP contribution >= 0.6 is 23.4 Å². The highest BCUT2D eigenvalue weighted by molar-refractivity contribution is 7.99. The number of carbonyl (C=O) groups excluding carboxylic acids is 2. The van der Waals surface area contributed by atoms with Gasteiger partial charge in [-0.05, 0) is 66.7 Å². The Morgan fingerprint density at radius 3 is 2.33 bits per heavy atom. The van der Waals surface area contributed by atoms with Crippen molar-refractivity contribution in [3.05, 3.63) is 89.2 Å². The molecule has 1 aromatic heterocycles. The number of carbonyl (C=O) groups is 2. The summed E-state index contributed by atoms with van der Waals surface area (Å²) in [5.74, 6) is 0.494. The lowest BCUT2D eigenvalue weighted by molar-refractivity contribution is -0.113. The number of nitrogens with zero attached hydrogens (tertiary/aromatic N) is 4. The summed E-state index contributed by atoms with van der Waals surface area (Å²) < 4.78 is 33.7. The first-order chi connectivity index (χ1) is 20.7. The van der Waals surface area contributed by atoms with Crippen LogP contribution in [-0.4, -0.2) is 65.3 Å². The quantitative estimate of drug-likeness (QED) is 0.202. The fourth-order valence-corrected chi connectivity index (χ4v) is 6.55. The number of benzene rings is 3. The fourth-order valence-electron chi connectivity index (χ4n) is 4.14. The van der Waals surface area contributed by atoms with Gasteiger partial charge in [0.05, 0.1) is 30.0 Å². The summed E-state index contributed by atoms with van der Waals surface area (Å²) in [6, 6.07) is 19.8. The maximum atomic E-state index is 12.9. The number of thioether (sulfide) groups is 1. The molecule has 4 rings (SSSR count). The molecule has 0 atom stereocenters. The molecule has 43 heavy (non-hydrogen) atoms. The first kappa shape index (κ1) is 32.0. The van der Waals surface area contributed by atoms with Crippen molar-refractivity contribution in [2.45, 2.75) is 30.4 Å². The smallest absolute Gasteiger partial charge is 0.251 e. The highest BCUT2D eigenvalue weighted by Crippen LogP contribution is 2.25. The number of amides is 2. The van der Waals surface area contributed by atoms with E-state index in [9.17, 15) is 18.0 Å². The van der Waals surface area contributed by atoms with Gasteiger partial charge in [0.2, 0.25) is 15.9 Å². The molecule has 0 bridgehead atoms. The number of hydrogen-bond donors (Lipinski definition) is 2. The molecular formula is C29H31ClN6O5S2. The monoisotopic (exact) mass is 642 g/mol. The Bertz CT molecular complexity index is 1670. The van der Waals surface area contributed by atoms with Crippen LogP contribution in [0.4, 0.5) is 5.69 Å². The van der Waals surface area contributed by atoms with E-state index >= 15 is 0 Å². The van der Waals surface area contributed by atoms with Gasteiger partial charge in [-0.1, -0.05) is 43.3 Å². The van der Waals surface area contributed by atoms with Gasteiger partial charge in [0.25, 0.3) is 5.91 Å². The first-order valence-corrected chi connectivity index (χ1v) is 16.1. The third kappa shape index (κ3) is 7.93. The van der Waals surface area contributed by atoms with Gasteiger partial charge in [0.15, 0.2) is 11.0 Å². The number of nitrogens with one attached hydrogen (secondary N) is 2. The van der Waals surface area contributed by atoms with Gasteiger partial charge < -0.3 is 15.4 Å². The van der Waals surface area contributed by atoms with Gasteiger partial charge in [-0.3, -0.25) is 14.2 Å². The van der Waals surface area contributed by atoms with Crippen molar-refractivity contribution in [3.8, 4) is 11.4 Å². The van der Waals surface area contributed by atoms with Crippen LogP contribution in [0.15, 0.2) is 82.8 Å². The molecule has 0 aliphatic rings. The van der Waals surface area contributed by atoms with Crippen molar-refractivity contribution < 1.29 is 22.7 Å². The molecule has 14 heteroatoms. The predicted octanol–water partition coefficient (Wildman–Crippen LogP) is 4.62. The van der Waals surface area contributed by atoms with Gasteiger partial charge in [0, 0.05) is 29.4 Å².